The van der Waals surface area contributed by atoms with Crippen LogP contribution in [-0.2, 0) is 10.0 Å². The summed E-state index contributed by atoms with van der Waals surface area (Å²) in [7, 11) is -3.79. The summed E-state index contributed by atoms with van der Waals surface area (Å²) in [4.78, 5) is 4.04. The van der Waals surface area contributed by atoms with Gasteiger partial charge in [-0.2, -0.15) is 5.26 Å². The number of nitrogens with zero attached hydrogens (tertiary/aromatic N) is 2. The predicted molar refractivity (Wildman–Crippen MR) is 79.1 cm³/mol. The zero-order valence-corrected chi connectivity index (χ0v) is 12.7. The highest BCUT2D eigenvalue weighted by Crippen LogP contribution is 2.24. The van der Waals surface area contributed by atoms with Crippen LogP contribution in [0.4, 0.5) is 0 Å². The van der Waals surface area contributed by atoms with E-state index >= 15 is 0 Å². The summed E-state index contributed by atoms with van der Waals surface area (Å²) in [6.45, 7) is 1.69. The molecule has 7 heteroatoms. The maximum Gasteiger partial charge on any atom is 0.242 e. The number of sulfonamides is 1. The number of pyridine rings is 1. The molecule has 1 atom stereocenters. The fourth-order valence-corrected chi connectivity index (χ4v) is 3.54. The summed E-state index contributed by atoms with van der Waals surface area (Å²) in [6.07, 6.45) is 1.59. The van der Waals surface area contributed by atoms with E-state index in [2.05, 4.69) is 9.71 Å². The maximum atomic E-state index is 12.3. The van der Waals surface area contributed by atoms with E-state index in [4.69, 9.17) is 16.9 Å². The lowest BCUT2D eigenvalue weighted by molar-refractivity contribution is 0.564. The Bertz CT molecular complexity index is 786. The smallest absolute Gasteiger partial charge is 0.242 e. The molecule has 1 unspecified atom stereocenters. The predicted octanol–water partition coefficient (Wildman–Crippen LogP) is 2.65. The Morgan fingerprint density at radius 1 is 1.33 bits per heavy atom. The number of halogens is 1. The van der Waals surface area contributed by atoms with E-state index in [1.165, 1.54) is 18.2 Å². The van der Waals surface area contributed by atoms with Crippen LogP contribution >= 0.6 is 11.6 Å². The summed E-state index contributed by atoms with van der Waals surface area (Å²) < 4.78 is 27.2. The Morgan fingerprint density at radius 3 is 2.67 bits per heavy atom. The number of benzene rings is 1. The average Bonchev–Trinajstić information content (AvgIpc) is 2.47. The first kappa shape index (κ1) is 15.4. The third-order valence-corrected chi connectivity index (χ3v) is 4.84. The first-order valence-corrected chi connectivity index (χ1v) is 7.93. The SMILES string of the molecule is CC(NS(=O)(=O)c1ccc(C#N)cc1Cl)c1ccccn1. The van der Waals surface area contributed by atoms with Crippen LogP contribution in [0.2, 0.25) is 5.02 Å². The largest absolute Gasteiger partial charge is 0.260 e. The molecule has 1 heterocycles. The lowest BCUT2D eigenvalue weighted by Crippen LogP contribution is -2.27. The summed E-state index contributed by atoms with van der Waals surface area (Å²) in [5.74, 6) is 0. The first-order valence-electron chi connectivity index (χ1n) is 6.07. The van der Waals surface area contributed by atoms with Gasteiger partial charge in [0.25, 0.3) is 0 Å². The van der Waals surface area contributed by atoms with Gasteiger partial charge >= 0.3 is 0 Å². The minimum atomic E-state index is -3.79. The van der Waals surface area contributed by atoms with Gasteiger partial charge in [0.2, 0.25) is 10.0 Å². The summed E-state index contributed by atoms with van der Waals surface area (Å²) in [6, 6.07) is 10.7. The summed E-state index contributed by atoms with van der Waals surface area (Å²) in [5.41, 5.74) is 0.905. The van der Waals surface area contributed by atoms with Gasteiger partial charge in [-0.3, -0.25) is 4.98 Å². The van der Waals surface area contributed by atoms with Gasteiger partial charge in [-0.25, -0.2) is 13.1 Å². The van der Waals surface area contributed by atoms with Crippen molar-refractivity contribution in [3.63, 3.8) is 0 Å². The fraction of sp³-hybridized carbons (Fsp3) is 0.143. The molecule has 1 aromatic heterocycles. The van der Waals surface area contributed by atoms with Crippen molar-refractivity contribution in [2.75, 3.05) is 0 Å². The maximum absolute atomic E-state index is 12.3. The highest BCUT2D eigenvalue weighted by molar-refractivity contribution is 7.89. The Balaban J connectivity index is 2.29. The molecule has 2 aromatic rings. The minimum Gasteiger partial charge on any atom is -0.260 e. The van der Waals surface area contributed by atoms with Crippen molar-refractivity contribution in [1.29, 1.82) is 5.26 Å². The van der Waals surface area contributed by atoms with E-state index in [1.807, 2.05) is 6.07 Å². The van der Waals surface area contributed by atoms with Crippen LogP contribution in [-0.4, -0.2) is 13.4 Å². The Morgan fingerprint density at radius 2 is 2.10 bits per heavy atom. The molecule has 1 N–H and O–H groups in total. The lowest BCUT2D eigenvalue weighted by atomic mass is 10.2. The second kappa shape index (κ2) is 6.22. The van der Waals surface area contributed by atoms with Gasteiger partial charge in [-0.15, -0.1) is 0 Å². The van der Waals surface area contributed by atoms with Gasteiger partial charge in [0.15, 0.2) is 0 Å². The summed E-state index contributed by atoms with van der Waals surface area (Å²) >= 11 is 5.94. The van der Waals surface area contributed by atoms with E-state index in [0.717, 1.165) is 0 Å². The van der Waals surface area contributed by atoms with E-state index in [0.29, 0.717) is 11.3 Å². The summed E-state index contributed by atoms with van der Waals surface area (Å²) in [5, 5.41) is 8.78. The standard InChI is InChI=1S/C14H12ClN3O2S/c1-10(13-4-2-3-7-17-13)18-21(19,20)14-6-5-11(9-16)8-12(14)15/h2-8,10,18H,1H3. The molecule has 5 nitrogen and oxygen atoms in total. The van der Waals surface area contributed by atoms with Crippen LogP contribution < -0.4 is 4.72 Å². The fourth-order valence-electron chi connectivity index (χ4n) is 1.78. The molecule has 0 saturated heterocycles. The molecule has 108 valence electrons. The van der Waals surface area contributed by atoms with E-state index < -0.39 is 16.1 Å². The van der Waals surface area contributed by atoms with E-state index in [-0.39, 0.29) is 9.92 Å². The zero-order chi connectivity index (χ0) is 15.5. The average molecular weight is 322 g/mol. The highest BCUT2D eigenvalue weighted by Gasteiger charge is 2.21. The van der Waals surface area contributed by atoms with Gasteiger partial charge in [0.1, 0.15) is 4.90 Å². The van der Waals surface area contributed by atoms with Crippen molar-refractivity contribution in [1.82, 2.24) is 9.71 Å². The molecule has 0 aliphatic heterocycles. The van der Waals surface area contributed by atoms with Crippen molar-refractivity contribution >= 4 is 21.6 Å². The van der Waals surface area contributed by atoms with Crippen LogP contribution in [0.3, 0.4) is 0 Å². The third-order valence-electron chi connectivity index (χ3n) is 2.81. The number of hydrogen-bond acceptors (Lipinski definition) is 4. The van der Waals surface area contributed by atoms with E-state index in [1.54, 1.807) is 31.3 Å². The molecule has 0 aliphatic rings. The zero-order valence-electron chi connectivity index (χ0n) is 11.1. The Hall–Kier alpha value is -1.94. The van der Waals surface area contributed by atoms with Gasteiger partial charge in [-0.1, -0.05) is 17.7 Å². The minimum absolute atomic E-state index is 0.00905. The number of aromatic nitrogens is 1. The monoisotopic (exact) mass is 321 g/mol. The van der Waals surface area contributed by atoms with E-state index in [9.17, 15) is 8.42 Å². The molecule has 2 rings (SSSR count). The second-order valence-electron chi connectivity index (χ2n) is 4.35. The Labute approximate surface area is 128 Å². The van der Waals surface area contributed by atoms with Crippen molar-refractivity contribution in [3.05, 3.63) is 58.9 Å². The number of nitrogens with one attached hydrogen (secondary N) is 1. The van der Waals surface area contributed by atoms with Crippen molar-refractivity contribution in [2.24, 2.45) is 0 Å². The molecule has 0 amide bonds. The van der Waals surface area contributed by atoms with Crippen molar-refractivity contribution < 1.29 is 8.42 Å². The Kier molecular flexibility index (Phi) is 4.58. The van der Waals surface area contributed by atoms with Gasteiger partial charge < -0.3 is 0 Å². The molecule has 0 bridgehead atoms. The van der Waals surface area contributed by atoms with Crippen LogP contribution in [0.5, 0.6) is 0 Å². The molecule has 0 saturated carbocycles. The molecule has 0 fully saturated rings. The molecular formula is C14H12ClN3O2S. The van der Waals surface area contributed by atoms with Crippen molar-refractivity contribution in [2.45, 2.75) is 17.9 Å². The number of rotatable bonds is 4. The van der Waals surface area contributed by atoms with Crippen molar-refractivity contribution in [3.8, 4) is 6.07 Å². The number of hydrogen-bond donors (Lipinski definition) is 1. The van der Waals surface area contributed by atoms with Gasteiger partial charge in [0, 0.05) is 6.20 Å². The second-order valence-corrected chi connectivity index (χ2v) is 6.44. The molecule has 0 radical (unpaired) electrons. The van der Waals surface area contributed by atoms with Gasteiger partial charge in [0.05, 0.1) is 28.4 Å². The normalized spacial score (nSPS) is 12.6. The van der Waals surface area contributed by atoms with Crippen LogP contribution in [0.1, 0.15) is 24.2 Å². The molecule has 0 spiro atoms. The lowest BCUT2D eigenvalue weighted by Gasteiger charge is -2.14. The first-order chi connectivity index (χ1) is 9.94. The van der Waals surface area contributed by atoms with Gasteiger partial charge in [-0.05, 0) is 37.3 Å². The molecule has 1 aromatic carbocycles. The van der Waals surface area contributed by atoms with Crippen LogP contribution in [0.15, 0.2) is 47.5 Å². The topological polar surface area (TPSA) is 82.9 Å². The molecule has 0 aliphatic carbocycles. The number of nitriles is 1. The highest BCUT2D eigenvalue weighted by atomic mass is 35.5. The van der Waals surface area contributed by atoms with Crippen LogP contribution in [0, 0.1) is 11.3 Å². The molecular weight excluding hydrogens is 310 g/mol. The quantitative estimate of drug-likeness (QED) is 0.938. The molecule has 21 heavy (non-hydrogen) atoms. The van der Waals surface area contributed by atoms with Crippen LogP contribution in [0.25, 0.3) is 0 Å². The third kappa shape index (κ3) is 3.58.